The number of rotatable bonds is 2. The fraction of sp³-hybridized carbons (Fsp3) is 0.550. The van der Waals surface area contributed by atoms with Gasteiger partial charge < -0.3 is 14.6 Å². The molecule has 0 spiro atoms. The molecule has 275 valence electrons. The van der Waals surface area contributed by atoms with Crippen LogP contribution < -0.4 is 14.6 Å². The molecule has 2 aromatic carbocycles. The monoisotopic (exact) mass is 756 g/mol. The van der Waals surface area contributed by atoms with Gasteiger partial charge in [0.1, 0.15) is 0 Å². The molecule has 3 aromatic heterocycles. The minimum absolute atomic E-state index is 0. The molecule has 0 aliphatic heterocycles. The van der Waals surface area contributed by atoms with Crippen molar-refractivity contribution in [3.8, 4) is 11.4 Å². The maximum atomic E-state index is 10.2. The molecule has 0 saturated carbocycles. The Kier molecular flexibility index (Phi) is 13.0. The summed E-state index contributed by atoms with van der Waals surface area (Å²) >= 11 is 0. The van der Waals surface area contributed by atoms with Crippen LogP contribution in [0.15, 0.2) is 48.8 Å². The van der Waals surface area contributed by atoms with Crippen LogP contribution in [-0.2, 0) is 38.7 Å². The Balaban J connectivity index is 0.000000695. The molecule has 0 amide bonds. The van der Waals surface area contributed by atoms with Gasteiger partial charge in [-0.15, -0.1) is 11.0 Å². The maximum Gasteiger partial charge on any atom is 3.00 e. The Morgan fingerprint density at radius 3 is 1.02 bits per heavy atom. The van der Waals surface area contributed by atoms with Crippen LogP contribution >= 0.6 is 0 Å². The van der Waals surface area contributed by atoms with Crippen molar-refractivity contribution in [2.24, 2.45) is 0 Å². The Morgan fingerprint density at radius 1 is 0.520 bits per heavy atom. The van der Waals surface area contributed by atoms with Crippen LogP contribution in [0.3, 0.4) is 0 Å². The Labute approximate surface area is 315 Å². The molecule has 3 heterocycles. The SMILES string of the molecule is CC(C)(C)c1cc(-n2ccc(C(C)(C)C)n2)c2[n-]c3c(-n4ccc(C(C)(C)C)n4)cc(C(C)(C)C)cc3c2c1.C[Si](C)(C)[O-].C[Si](C)(C)[O-].[Fe+3]. The van der Waals surface area contributed by atoms with Crippen molar-refractivity contribution in [2.45, 2.75) is 144 Å². The van der Waals surface area contributed by atoms with Crippen LogP contribution in [0.4, 0.5) is 0 Å². The van der Waals surface area contributed by atoms with Gasteiger partial charge in [-0.25, -0.2) is 9.36 Å². The molecule has 0 saturated heterocycles. The molecule has 0 unspecified atom stereocenters. The third-order valence-corrected chi connectivity index (χ3v) is 7.63. The molecule has 1 radical (unpaired) electrons. The molecule has 0 atom stereocenters. The van der Waals surface area contributed by atoms with Crippen LogP contribution in [0.5, 0.6) is 0 Å². The van der Waals surface area contributed by atoms with Gasteiger partial charge in [-0.3, -0.25) is 0 Å². The van der Waals surface area contributed by atoms with Crippen molar-refractivity contribution < 1.29 is 26.7 Å². The molecular formula is C40H62FeN5O2Si2. The van der Waals surface area contributed by atoms with Crippen molar-refractivity contribution >= 4 is 38.4 Å². The van der Waals surface area contributed by atoms with Gasteiger partial charge in [-0.05, 0) is 57.0 Å². The van der Waals surface area contributed by atoms with Crippen molar-refractivity contribution in [1.29, 1.82) is 0 Å². The number of hydrogen-bond donors (Lipinski definition) is 0. The first kappa shape index (κ1) is 43.7. The zero-order valence-electron chi connectivity index (χ0n) is 34.0. The summed E-state index contributed by atoms with van der Waals surface area (Å²) in [5, 5.41) is 12.4. The summed E-state index contributed by atoms with van der Waals surface area (Å²) in [5.41, 5.74) is 8.52. The Hall–Kier alpha value is -2.47. The molecule has 0 N–H and O–H groups in total. The molecular weight excluding hydrogens is 694 g/mol. The van der Waals surface area contributed by atoms with E-state index in [4.69, 9.17) is 15.2 Å². The van der Waals surface area contributed by atoms with E-state index in [1.54, 1.807) is 39.3 Å². The van der Waals surface area contributed by atoms with Crippen LogP contribution in [0.25, 0.3) is 33.2 Å². The topological polar surface area (TPSA) is 95.9 Å². The second-order valence-corrected chi connectivity index (χ2v) is 27.9. The first-order valence-corrected chi connectivity index (χ1v) is 24.3. The molecule has 5 rings (SSSR count). The van der Waals surface area contributed by atoms with E-state index in [9.17, 15) is 9.59 Å². The molecule has 7 nitrogen and oxygen atoms in total. The molecule has 10 heteroatoms. The second kappa shape index (κ2) is 14.9. The summed E-state index contributed by atoms with van der Waals surface area (Å²) in [4.78, 5) is 25.8. The molecule has 0 aliphatic rings. The van der Waals surface area contributed by atoms with Gasteiger partial charge >= 0.3 is 17.1 Å². The predicted octanol–water partition coefficient (Wildman–Crippen LogP) is 8.87. The van der Waals surface area contributed by atoms with Gasteiger partial charge in [0.15, 0.2) is 0 Å². The normalized spacial score (nSPS) is 13.0. The minimum Gasteiger partial charge on any atom is -0.859 e. The van der Waals surface area contributed by atoms with E-state index in [2.05, 4.69) is 132 Å². The first-order chi connectivity index (χ1) is 21.8. The van der Waals surface area contributed by atoms with Gasteiger partial charge in [0, 0.05) is 23.2 Å². The number of nitrogens with zero attached hydrogens (tertiary/aromatic N) is 5. The standard InChI is InChI=1S/C34H44N5.2C3H9OSi.Fe/c1-31(2,3)21-17-23-24-18-22(32(4,5)6)20-26(39-16-14-28(37-39)34(10,11)12)30(24)35-29(23)25(19-21)38-15-13-27(36-38)33(7,8)9;2*1-5(2,3)4;/h13-20H,1-12H3;2*1-3H3;/q3*-1;+3. The smallest absolute Gasteiger partial charge is 0.859 e. The fourth-order valence-electron chi connectivity index (χ4n) is 4.93. The zero-order chi connectivity index (χ0) is 37.7. The first-order valence-electron chi connectivity index (χ1n) is 17.5. The van der Waals surface area contributed by atoms with E-state index in [0.29, 0.717) is 0 Å². The third kappa shape index (κ3) is 11.8. The summed E-state index contributed by atoms with van der Waals surface area (Å²) in [6.45, 7) is 37.4. The summed E-state index contributed by atoms with van der Waals surface area (Å²) in [6.07, 6.45) is 4.15. The van der Waals surface area contributed by atoms with E-state index in [1.165, 1.54) is 11.1 Å². The minimum atomic E-state index is -1.86. The van der Waals surface area contributed by atoms with Crippen LogP contribution in [0, 0.1) is 0 Å². The molecule has 5 aromatic rings. The van der Waals surface area contributed by atoms with Gasteiger partial charge in [0.05, 0.1) is 22.8 Å². The number of aromatic nitrogens is 5. The van der Waals surface area contributed by atoms with Crippen molar-refractivity contribution in [2.75, 3.05) is 0 Å². The van der Waals surface area contributed by atoms with E-state index in [0.717, 1.165) is 44.6 Å². The number of hydrogen-bond acceptors (Lipinski definition) is 4. The third-order valence-electron chi connectivity index (χ3n) is 7.63. The van der Waals surface area contributed by atoms with Crippen molar-refractivity contribution in [1.82, 2.24) is 24.5 Å². The Bertz CT molecular complexity index is 1750. The van der Waals surface area contributed by atoms with Crippen molar-refractivity contribution in [3.05, 3.63) is 71.3 Å². The second-order valence-electron chi connectivity index (χ2n) is 19.4. The summed E-state index contributed by atoms with van der Waals surface area (Å²) < 4.78 is 4.03. The van der Waals surface area contributed by atoms with Crippen LogP contribution in [-0.4, -0.2) is 36.2 Å². The number of benzene rings is 2. The summed E-state index contributed by atoms with van der Waals surface area (Å²) in [6, 6.07) is 13.5. The predicted molar refractivity (Wildman–Crippen MR) is 211 cm³/mol. The van der Waals surface area contributed by atoms with Crippen LogP contribution in [0.1, 0.15) is 106 Å². The van der Waals surface area contributed by atoms with E-state index < -0.39 is 16.6 Å². The zero-order valence-corrected chi connectivity index (χ0v) is 37.1. The van der Waals surface area contributed by atoms with E-state index in [-0.39, 0.29) is 38.7 Å². The summed E-state index contributed by atoms with van der Waals surface area (Å²) in [7, 11) is -3.72. The maximum absolute atomic E-state index is 10.2. The van der Waals surface area contributed by atoms with E-state index in [1.807, 2.05) is 9.36 Å². The number of fused-ring (bicyclic) bond motifs is 3. The molecule has 0 fully saturated rings. The fourth-order valence-corrected chi connectivity index (χ4v) is 4.93. The molecule has 0 aliphatic carbocycles. The van der Waals surface area contributed by atoms with Gasteiger partial charge in [-0.1, -0.05) is 151 Å². The summed E-state index contributed by atoms with van der Waals surface area (Å²) in [5.74, 6) is 0. The van der Waals surface area contributed by atoms with Crippen LogP contribution in [0.2, 0.25) is 39.3 Å². The van der Waals surface area contributed by atoms with Crippen molar-refractivity contribution in [3.63, 3.8) is 0 Å². The van der Waals surface area contributed by atoms with Gasteiger partial charge in [0.25, 0.3) is 0 Å². The van der Waals surface area contributed by atoms with Gasteiger partial charge in [0.2, 0.25) is 0 Å². The largest absolute Gasteiger partial charge is 3.00 e. The Morgan fingerprint density at radius 2 is 0.800 bits per heavy atom. The molecule has 0 bridgehead atoms. The average molecular weight is 757 g/mol. The van der Waals surface area contributed by atoms with E-state index >= 15 is 0 Å². The molecule has 50 heavy (non-hydrogen) atoms. The average Bonchev–Trinajstić information content (AvgIpc) is 3.62. The quantitative estimate of drug-likeness (QED) is 0.168. The van der Waals surface area contributed by atoms with Gasteiger partial charge in [-0.2, -0.15) is 10.2 Å².